The number of hydrogen-bond acceptors (Lipinski definition) is 2. The number of nitrogens with zero attached hydrogens (tertiary/aromatic N) is 1. The van der Waals surface area contributed by atoms with Gasteiger partial charge in [-0.15, -0.1) is 0 Å². The minimum absolute atomic E-state index is 0.128. The van der Waals surface area contributed by atoms with Gasteiger partial charge in [-0.1, -0.05) is 24.3 Å². The number of aliphatic hydroxyl groups is 1. The summed E-state index contributed by atoms with van der Waals surface area (Å²) in [6.07, 6.45) is 5.25. The minimum atomic E-state index is -0.603. The van der Waals surface area contributed by atoms with E-state index in [-0.39, 0.29) is 5.92 Å². The molecule has 0 radical (unpaired) electrons. The van der Waals surface area contributed by atoms with E-state index < -0.39 is 5.60 Å². The van der Waals surface area contributed by atoms with Gasteiger partial charge in [-0.05, 0) is 56.6 Å². The second-order valence-electron chi connectivity index (χ2n) is 6.88. The van der Waals surface area contributed by atoms with Gasteiger partial charge in [-0.3, -0.25) is 4.79 Å². The highest BCUT2D eigenvalue weighted by Crippen LogP contribution is 2.28. The van der Waals surface area contributed by atoms with Crippen LogP contribution in [0.2, 0.25) is 0 Å². The topological polar surface area (TPSA) is 40.5 Å². The van der Waals surface area contributed by atoms with Crippen LogP contribution in [0, 0.1) is 5.92 Å². The second kappa shape index (κ2) is 5.80. The summed E-state index contributed by atoms with van der Waals surface area (Å²) in [6, 6.07) is 8.48. The maximum atomic E-state index is 12.8. The zero-order valence-electron chi connectivity index (χ0n) is 12.8. The highest BCUT2D eigenvalue weighted by atomic mass is 16.3. The molecule has 1 heterocycles. The van der Waals surface area contributed by atoms with E-state index in [1.54, 1.807) is 0 Å². The molecule has 0 aromatic heterocycles. The quantitative estimate of drug-likeness (QED) is 0.862. The number of likely N-dealkylation sites (tertiary alicyclic amines) is 1. The van der Waals surface area contributed by atoms with Crippen molar-refractivity contribution in [1.29, 1.82) is 0 Å². The number of aryl methyl sites for hydroxylation is 1. The Kier molecular flexibility index (Phi) is 4.03. The average Bonchev–Trinajstić information content (AvgIpc) is 2.67. The van der Waals surface area contributed by atoms with Gasteiger partial charge in [0.15, 0.2) is 0 Å². The third kappa shape index (κ3) is 3.29. The molecule has 2 unspecified atom stereocenters. The lowest BCUT2D eigenvalue weighted by Gasteiger charge is -2.30. The van der Waals surface area contributed by atoms with Crippen LogP contribution in [0.15, 0.2) is 24.3 Å². The van der Waals surface area contributed by atoms with E-state index in [2.05, 4.69) is 24.3 Å². The van der Waals surface area contributed by atoms with Crippen molar-refractivity contribution in [2.45, 2.75) is 51.0 Å². The molecule has 3 rings (SSSR count). The summed E-state index contributed by atoms with van der Waals surface area (Å²) in [4.78, 5) is 14.8. The van der Waals surface area contributed by atoms with E-state index in [1.807, 2.05) is 11.8 Å². The Bertz CT molecular complexity index is 524. The van der Waals surface area contributed by atoms with Crippen molar-refractivity contribution in [2.75, 3.05) is 13.1 Å². The van der Waals surface area contributed by atoms with E-state index in [9.17, 15) is 9.90 Å². The molecule has 3 heteroatoms. The summed E-state index contributed by atoms with van der Waals surface area (Å²) < 4.78 is 0. The van der Waals surface area contributed by atoms with Crippen LogP contribution in [0.5, 0.6) is 0 Å². The molecule has 0 spiro atoms. The number of amides is 1. The number of hydrogen-bond donors (Lipinski definition) is 1. The first-order valence-electron chi connectivity index (χ1n) is 8.13. The van der Waals surface area contributed by atoms with Crippen LogP contribution in [0.4, 0.5) is 0 Å². The zero-order valence-corrected chi connectivity index (χ0v) is 12.8. The molecule has 1 aromatic carbocycles. The first kappa shape index (κ1) is 14.6. The monoisotopic (exact) mass is 287 g/mol. The standard InChI is InChI=1S/C18H25NO2/c1-18(21)9-4-11-19(12-10-18)17(20)16-8-7-14-5-2-3-6-15(14)13-16/h2-3,5-6,16,21H,4,7-13H2,1H3. The molecule has 114 valence electrons. The van der Waals surface area contributed by atoms with Crippen molar-refractivity contribution < 1.29 is 9.90 Å². The van der Waals surface area contributed by atoms with Crippen molar-refractivity contribution in [3.05, 3.63) is 35.4 Å². The van der Waals surface area contributed by atoms with Crippen molar-refractivity contribution in [3.63, 3.8) is 0 Å². The predicted octanol–water partition coefficient (Wildman–Crippen LogP) is 2.56. The van der Waals surface area contributed by atoms with Gasteiger partial charge in [0.2, 0.25) is 5.91 Å². The SMILES string of the molecule is CC1(O)CCCN(C(=O)C2CCc3ccccc3C2)CC1. The Hall–Kier alpha value is -1.35. The molecule has 2 aliphatic rings. The molecule has 2 atom stereocenters. The van der Waals surface area contributed by atoms with Gasteiger partial charge < -0.3 is 10.0 Å². The molecule has 1 aromatic rings. The molecule has 21 heavy (non-hydrogen) atoms. The Labute approximate surface area is 127 Å². The van der Waals surface area contributed by atoms with Gasteiger partial charge >= 0.3 is 0 Å². The third-order valence-electron chi connectivity index (χ3n) is 5.07. The predicted molar refractivity (Wildman–Crippen MR) is 83.0 cm³/mol. The van der Waals surface area contributed by atoms with Crippen LogP contribution in [0.3, 0.4) is 0 Å². The Balaban J connectivity index is 1.66. The van der Waals surface area contributed by atoms with Gasteiger partial charge in [0, 0.05) is 19.0 Å². The van der Waals surface area contributed by atoms with Crippen molar-refractivity contribution in [3.8, 4) is 0 Å². The molecule has 1 fully saturated rings. The number of fused-ring (bicyclic) bond motifs is 1. The van der Waals surface area contributed by atoms with Gasteiger partial charge in [0.1, 0.15) is 0 Å². The normalized spacial score (nSPS) is 29.6. The molecule has 0 saturated carbocycles. The molecule has 1 saturated heterocycles. The fourth-order valence-electron chi connectivity index (χ4n) is 3.65. The largest absolute Gasteiger partial charge is 0.390 e. The minimum Gasteiger partial charge on any atom is -0.390 e. The lowest BCUT2D eigenvalue weighted by molar-refractivity contribution is -0.136. The lowest BCUT2D eigenvalue weighted by Crippen LogP contribution is -2.39. The molecule has 1 aliphatic carbocycles. The second-order valence-corrected chi connectivity index (χ2v) is 6.88. The van der Waals surface area contributed by atoms with E-state index >= 15 is 0 Å². The lowest BCUT2D eigenvalue weighted by atomic mass is 9.83. The van der Waals surface area contributed by atoms with Crippen LogP contribution >= 0.6 is 0 Å². The molecular formula is C18H25NO2. The molecule has 3 nitrogen and oxygen atoms in total. The Morgan fingerprint density at radius 2 is 2.00 bits per heavy atom. The summed E-state index contributed by atoms with van der Waals surface area (Å²) in [6.45, 7) is 3.38. The number of carbonyl (C=O) groups is 1. The first-order chi connectivity index (χ1) is 10.1. The smallest absolute Gasteiger partial charge is 0.226 e. The fourth-order valence-corrected chi connectivity index (χ4v) is 3.65. The number of rotatable bonds is 1. The van der Waals surface area contributed by atoms with E-state index in [4.69, 9.17) is 0 Å². The summed E-state index contributed by atoms with van der Waals surface area (Å²) in [5.74, 6) is 0.421. The van der Waals surface area contributed by atoms with E-state index in [0.717, 1.165) is 38.6 Å². The van der Waals surface area contributed by atoms with Crippen molar-refractivity contribution >= 4 is 5.91 Å². The average molecular weight is 287 g/mol. The van der Waals surface area contributed by atoms with E-state index in [0.29, 0.717) is 18.9 Å². The molecule has 0 bridgehead atoms. The summed E-state index contributed by atoms with van der Waals surface area (Å²) in [7, 11) is 0. The Morgan fingerprint density at radius 1 is 1.24 bits per heavy atom. The maximum absolute atomic E-state index is 12.8. The molecule has 1 amide bonds. The van der Waals surface area contributed by atoms with Gasteiger partial charge in [0.05, 0.1) is 5.60 Å². The molecule has 1 aliphatic heterocycles. The first-order valence-corrected chi connectivity index (χ1v) is 8.13. The fraction of sp³-hybridized carbons (Fsp3) is 0.611. The van der Waals surface area contributed by atoms with Crippen molar-refractivity contribution in [2.24, 2.45) is 5.92 Å². The molecular weight excluding hydrogens is 262 g/mol. The van der Waals surface area contributed by atoms with Crippen LogP contribution in [-0.2, 0) is 17.6 Å². The van der Waals surface area contributed by atoms with Gasteiger partial charge in [-0.2, -0.15) is 0 Å². The number of carbonyl (C=O) groups excluding carboxylic acids is 1. The van der Waals surface area contributed by atoms with Gasteiger partial charge in [-0.25, -0.2) is 0 Å². The van der Waals surface area contributed by atoms with Crippen molar-refractivity contribution in [1.82, 2.24) is 4.90 Å². The van der Waals surface area contributed by atoms with Crippen LogP contribution in [-0.4, -0.2) is 34.6 Å². The Morgan fingerprint density at radius 3 is 2.81 bits per heavy atom. The van der Waals surface area contributed by atoms with Gasteiger partial charge in [0.25, 0.3) is 0 Å². The zero-order chi connectivity index (χ0) is 14.9. The highest BCUT2D eigenvalue weighted by Gasteiger charge is 2.31. The van der Waals surface area contributed by atoms with Crippen LogP contribution in [0.1, 0.15) is 43.7 Å². The summed E-state index contributed by atoms with van der Waals surface area (Å²) in [5, 5.41) is 10.2. The maximum Gasteiger partial charge on any atom is 0.226 e. The summed E-state index contributed by atoms with van der Waals surface area (Å²) in [5.41, 5.74) is 2.14. The van der Waals surface area contributed by atoms with Crippen LogP contribution < -0.4 is 0 Å². The number of benzene rings is 1. The van der Waals surface area contributed by atoms with E-state index in [1.165, 1.54) is 11.1 Å². The summed E-state index contributed by atoms with van der Waals surface area (Å²) >= 11 is 0. The highest BCUT2D eigenvalue weighted by molar-refractivity contribution is 5.79. The third-order valence-corrected chi connectivity index (χ3v) is 5.07. The van der Waals surface area contributed by atoms with Crippen LogP contribution in [0.25, 0.3) is 0 Å². The molecule has 1 N–H and O–H groups in total.